The Kier molecular flexibility index (Phi) is 4.09. The van der Waals surface area contributed by atoms with Crippen molar-refractivity contribution in [2.45, 2.75) is 0 Å². The molecule has 0 bridgehead atoms. The molecule has 0 saturated heterocycles. The number of thiol groups is 1. The minimum atomic E-state index is 0.599. The van der Waals surface area contributed by atoms with Crippen molar-refractivity contribution in [3.63, 3.8) is 0 Å². The highest BCUT2D eigenvalue weighted by molar-refractivity contribution is 7.85. The van der Waals surface area contributed by atoms with Crippen LogP contribution in [-0.2, 0) is 0 Å². The molecule has 0 radical (unpaired) electrons. The summed E-state index contributed by atoms with van der Waals surface area (Å²) >= 11 is 4.14. The number of nitrogens with one attached hydrogen (secondary N) is 1. The van der Waals surface area contributed by atoms with E-state index in [4.69, 9.17) is 0 Å². The maximum atomic E-state index is 4.14. The van der Waals surface area contributed by atoms with Gasteiger partial charge >= 0.3 is 0 Å². The molecule has 4 heteroatoms. The van der Waals surface area contributed by atoms with E-state index in [0.717, 1.165) is 0 Å². The normalized spacial score (nSPS) is 17.6. The highest BCUT2D eigenvalue weighted by Crippen LogP contribution is 1.95. The largest absolute Gasteiger partial charge is 0.366 e. The molecule has 0 aromatic carbocycles. The van der Waals surface area contributed by atoms with Crippen molar-refractivity contribution < 1.29 is 0 Å². The number of aliphatic imine (C=N–C) groups is 2. The highest BCUT2D eigenvalue weighted by Gasteiger charge is 1.87. The van der Waals surface area contributed by atoms with Crippen molar-refractivity contribution in [2.75, 3.05) is 13.1 Å². The van der Waals surface area contributed by atoms with Crippen LogP contribution in [0.1, 0.15) is 0 Å². The van der Waals surface area contributed by atoms with E-state index in [2.05, 4.69) is 40.2 Å². The second kappa shape index (κ2) is 5.41. The molecule has 1 N–H and O–H groups in total. The molecule has 0 unspecified atom stereocenters. The van der Waals surface area contributed by atoms with Gasteiger partial charge in [-0.1, -0.05) is 6.58 Å². The Morgan fingerprint density at radius 1 is 1.62 bits per heavy atom. The van der Waals surface area contributed by atoms with Gasteiger partial charge in [-0.05, 0) is 6.08 Å². The Hall–Kier alpha value is -1.25. The summed E-state index contributed by atoms with van der Waals surface area (Å²) in [6, 6.07) is 0. The number of nitrogens with zero attached hydrogens (tertiary/aromatic N) is 2. The molecule has 1 aliphatic rings. The fourth-order valence-corrected chi connectivity index (χ4v) is 0.876. The molecule has 1 rings (SSSR count). The van der Waals surface area contributed by atoms with Gasteiger partial charge in [0.1, 0.15) is 5.82 Å². The summed E-state index contributed by atoms with van der Waals surface area (Å²) in [5.41, 5.74) is 2.92. The van der Waals surface area contributed by atoms with Gasteiger partial charge in [-0.25, -0.2) is 4.99 Å². The summed E-state index contributed by atoms with van der Waals surface area (Å²) in [5, 5.41) is 2.97. The van der Waals surface area contributed by atoms with Crippen LogP contribution in [0.15, 0.2) is 39.1 Å². The fourth-order valence-electron chi connectivity index (χ4n) is 0.727. The van der Waals surface area contributed by atoms with Crippen LogP contribution >= 0.6 is 12.6 Å². The monoisotopic (exact) mass is 193 g/mol. The Bertz CT molecular complexity index is 309. The maximum Gasteiger partial charge on any atom is 0.118 e. The predicted molar refractivity (Wildman–Crippen MR) is 59.6 cm³/mol. The van der Waals surface area contributed by atoms with Gasteiger partial charge in [-0.3, -0.25) is 4.99 Å². The van der Waals surface area contributed by atoms with Crippen LogP contribution in [-0.4, -0.2) is 25.5 Å². The van der Waals surface area contributed by atoms with Gasteiger partial charge in [0.15, 0.2) is 0 Å². The lowest BCUT2D eigenvalue weighted by molar-refractivity contribution is 0.924. The van der Waals surface area contributed by atoms with E-state index in [0.29, 0.717) is 23.8 Å². The van der Waals surface area contributed by atoms with E-state index < -0.39 is 0 Å². The molecular formula is C9H11N3S. The topological polar surface area (TPSA) is 36.8 Å². The van der Waals surface area contributed by atoms with E-state index >= 15 is 0 Å². The van der Waals surface area contributed by atoms with Crippen LogP contribution in [0.3, 0.4) is 0 Å². The van der Waals surface area contributed by atoms with Gasteiger partial charge in [-0.2, -0.15) is 0 Å². The van der Waals surface area contributed by atoms with E-state index in [9.17, 15) is 0 Å². The molecule has 1 aliphatic heterocycles. The molecular weight excluding hydrogens is 182 g/mol. The van der Waals surface area contributed by atoms with Gasteiger partial charge in [0.2, 0.25) is 0 Å². The molecule has 0 aromatic heterocycles. The van der Waals surface area contributed by atoms with E-state index in [1.165, 1.54) is 0 Å². The molecule has 68 valence electrons. The molecule has 0 fully saturated rings. The molecule has 1 heterocycles. The third-order valence-electron chi connectivity index (χ3n) is 1.32. The van der Waals surface area contributed by atoms with Crippen LogP contribution in [0.25, 0.3) is 0 Å². The lowest BCUT2D eigenvalue weighted by Gasteiger charge is -1.99. The average molecular weight is 193 g/mol. The summed E-state index contributed by atoms with van der Waals surface area (Å²) in [5.74, 6) is 0.599. The fraction of sp³-hybridized carbons (Fsp3) is 0.222. The summed E-state index contributed by atoms with van der Waals surface area (Å²) < 4.78 is 0. The summed E-state index contributed by atoms with van der Waals surface area (Å²) in [4.78, 5) is 8.78. The number of rotatable bonds is 0. The second-order valence-corrected chi connectivity index (χ2v) is 2.85. The van der Waals surface area contributed by atoms with Gasteiger partial charge in [-0.15, -0.1) is 18.4 Å². The molecule has 0 amide bonds. The standard InChI is InChI=1S/C9H11N3S/c1-8-11-6-5-10-4-2-3-9(13)7-12-8/h2,5,7,11,13H,1,4,6H2. The maximum absolute atomic E-state index is 4.14. The van der Waals surface area contributed by atoms with Crippen molar-refractivity contribution in [3.8, 4) is 0 Å². The zero-order chi connectivity index (χ0) is 9.52. The minimum absolute atomic E-state index is 0.599. The summed E-state index contributed by atoms with van der Waals surface area (Å²) in [6.07, 6.45) is 5.18. The van der Waals surface area contributed by atoms with Crippen molar-refractivity contribution in [1.29, 1.82) is 0 Å². The number of hydrogen-bond acceptors (Lipinski definition) is 4. The Labute approximate surface area is 83.1 Å². The Morgan fingerprint density at radius 2 is 2.46 bits per heavy atom. The molecule has 0 aliphatic carbocycles. The number of hydrogen-bond donors (Lipinski definition) is 2. The van der Waals surface area contributed by atoms with Crippen LogP contribution in [0, 0.1) is 0 Å². The lowest BCUT2D eigenvalue weighted by Crippen LogP contribution is -2.13. The zero-order valence-electron chi connectivity index (χ0n) is 7.20. The summed E-state index contributed by atoms with van der Waals surface area (Å²) in [7, 11) is 0. The average Bonchev–Trinajstić information content (AvgIpc) is 2.15. The molecule has 0 aromatic rings. The van der Waals surface area contributed by atoms with Crippen LogP contribution < -0.4 is 5.32 Å². The molecule has 13 heavy (non-hydrogen) atoms. The molecule has 0 atom stereocenters. The first-order chi connectivity index (χ1) is 6.29. The van der Waals surface area contributed by atoms with Crippen molar-refractivity contribution in [2.24, 2.45) is 9.98 Å². The molecule has 3 nitrogen and oxygen atoms in total. The van der Waals surface area contributed by atoms with Gasteiger partial charge < -0.3 is 5.32 Å². The third kappa shape index (κ3) is 4.35. The summed E-state index contributed by atoms with van der Waals surface area (Å²) in [6.45, 7) is 4.96. The first-order valence-corrected chi connectivity index (χ1v) is 4.33. The van der Waals surface area contributed by atoms with Crippen molar-refractivity contribution >= 4 is 25.1 Å². The molecule has 0 spiro atoms. The Balaban J connectivity index is 2.77. The van der Waals surface area contributed by atoms with Gasteiger partial charge in [0, 0.05) is 6.21 Å². The van der Waals surface area contributed by atoms with Gasteiger partial charge in [0.25, 0.3) is 0 Å². The third-order valence-corrected chi connectivity index (χ3v) is 1.56. The van der Waals surface area contributed by atoms with Crippen LogP contribution in [0.5, 0.6) is 0 Å². The second-order valence-electron chi connectivity index (χ2n) is 2.37. The van der Waals surface area contributed by atoms with E-state index in [1.54, 1.807) is 18.5 Å². The van der Waals surface area contributed by atoms with Crippen molar-refractivity contribution in [3.05, 3.63) is 29.1 Å². The quantitative estimate of drug-likeness (QED) is 0.440. The van der Waals surface area contributed by atoms with Crippen LogP contribution in [0.4, 0.5) is 0 Å². The minimum Gasteiger partial charge on any atom is -0.366 e. The zero-order valence-corrected chi connectivity index (χ0v) is 8.09. The van der Waals surface area contributed by atoms with Crippen LogP contribution in [0.2, 0.25) is 0 Å². The smallest absolute Gasteiger partial charge is 0.118 e. The van der Waals surface area contributed by atoms with Gasteiger partial charge in [0.05, 0.1) is 24.2 Å². The SMILES string of the molecule is C=C1N=CC(S)=C=CCN=CCN1. The van der Waals surface area contributed by atoms with E-state index in [1.807, 2.05) is 0 Å². The molecule has 0 saturated carbocycles. The highest BCUT2D eigenvalue weighted by atomic mass is 32.1. The first kappa shape index (κ1) is 9.84. The lowest BCUT2D eigenvalue weighted by atomic mass is 10.5. The predicted octanol–water partition coefficient (Wildman–Crippen LogP) is 1.17. The van der Waals surface area contributed by atoms with Crippen molar-refractivity contribution in [1.82, 2.24) is 5.32 Å². The Morgan fingerprint density at radius 3 is 3.31 bits per heavy atom. The first-order valence-electron chi connectivity index (χ1n) is 3.88. The van der Waals surface area contributed by atoms with E-state index in [-0.39, 0.29) is 0 Å².